The molecule has 1 atom stereocenters. The first-order valence-electron chi connectivity index (χ1n) is 7.16. The largest absolute Gasteiger partial charge is 0.490 e. The molecule has 1 rings (SSSR count). The molecule has 0 aliphatic heterocycles. The zero-order valence-corrected chi connectivity index (χ0v) is 12.9. The lowest BCUT2D eigenvalue weighted by Gasteiger charge is -2.25. The Labute approximate surface area is 121 Å². The van der Waals surface area contributed by atoms with Gasteiger partial charge in [-0.15, -0.1) is 0 Å². The highest BCUT2D eigenvalue weighted by Gasteiger charge is 2.31. The Bertz CT molecular complexity index is 453. The summed E-state index contributed by atoms with van der Waals surface area (Å²) in [5.74, 6) is 1.32. The smallest absolute Gasteiger partial charge is 0.170 e. The molecule has 1 unspecified atom stereocenters. The van der Waals surface area contributed by atoms with Crippen molar-refractivity contribution in [3.8, 4) is 11.5 Å². The van der Waals surface area contributed by atoms with Crippen LogP contribution in [0.4, 0.5) is 0 Å². The highest BCUT2D eigenvalue weighted by Crippen LogP contribution is 2.32. The lowest BCUT2D eigenvalue weighted by molar-refractivity contribution is 0.0819. The monoisotopic (exact) mass is 279 g/mol. The number of ether oxygens (including phenoxy) is 2. The van der Waals surface area contributed by atoms with Gasteiger partial charge in [-0.3, -0.25) is 4.79 Å². The van der Waals surface area contributed by atoms with Crippen molar-refractivity contribution in [2.45, 2.75) is 34.1 Å². The SMILES string of the molecule is CCOc1ccc(C(=O)C(C)(CC)CN)cc1OCC. The molecule has 2 N–H and O–H groups in total. The molecule has 0 radical (unpaired) electrons. The maximum Gasteiger partial charge on any atom is 0.170 e. The fraction of sp³-hybridized carbons (Fsp3) is 0.562. The summed E-state index contributed by atoms with van der Waals surface area (Å²) in [5, 5.41) is 0. The second-order valence-electron chi connectivity index (χ2n) is 4.98. The zero-order chi connectivity index (χ0) is 15.2. The van der Waals surface area contributed by atoms with E-state index in [9.17, 15) is 4.79 Å². The van der Waals surface area contributed by atoms with Crippen LogP contribution in [-0.2, 0) is 0 Å². The number of hydrogen-bond acceptors (Lipinski definition) is 4. The molecule has 0 saturated heterocycles. The van der Waals surface area contributed by atoms with Gasteiger partial charge < -0.3 is 15.2 Å². The van der Waals surface area contributed by atoms with E-state index in [4.69, 9.17) is 15.2 Å². The van der Waals surface area contributed by atoms with Crippen LogP contribution in [0.25, 0.3) is 0 Å². The molecule has 1 aromatic carbocycles. The normalized spacial score (nSPS) is 13.7. The third-order valence-corrected chi connectivity index (χ3v) is 3.58. The van der Waals surface area contributed by atoms with Crippen molar-refractivity contribution in [2.75, 3.05) is 19.8 Å². The van der Waals surface area contributed by atoms with Crippen LogP contribution in [-0.4, -0.2) is 25.5 Å². The molecule has 0 bridgehead atoms. The van der Waals surface area contributed by atoms with Crippen molar-refractivity contribution in [1.29, 1.82) is 0 Å². The molecule has 4 nitrogen and oxygen atoms in total. The number of ketones is 1. The highest BCUT2D eigenvalue weighted by atomic mass is 16.5. The summed E-state index contributed by atoms with van der Waals surface area (Å²) in [6, 6.07) is 5.31. The van der Waals surface area contributed by atoms with Crippen LogP contribution in [0.3, 0.4) is 0 Å². The third-order valence-electron chi connectivity index (χ3n) is 3.58. The lowest BCUT2D eigenvalue weighted by atomic mass is 9.80. The van der Waals surface area contributed by atoms with Gasteiger partial charge in [0, 0.05) is 17.5 Å². The van der Waals surface area contributed by atoms with Gasteiger partial charge >= 0.3 is 0 Å². The molecule has 0 saturated carbocycles. The van der Waals surface area contributed by atoms with E-state index in [2.05, 4.69) is 0 Å². The number of hydrogen-bond donors (Lipinski definition) is 1. The highest BCUT2D eigenvalue weighted by molar-refractivity contribution is 6.01. The van der Waals surface area contributed by atoms with E-state index in [0.717, 1.165) is 0 Å². The molecule has 0 spiro atoms. The summed E-state index contributed by atoms with van der Waals surface area (Å²) < 4.78 is 11.1. The molecule has 0 fully saturated rings. The average Bonchev–Trinajstić information content (AvgIpc) is 2.48. The van der Waals surface area contributed by atoms with E-state index < -0.39 is 5.41 Å². The Hall–Kier alpha value is -1.55. The average molecular weight is 279 g/mol. The second kappa shape index (κ2) is 7.29. The number of carbonyl (C=O) groups is 1. The van der Waals surface area contributed by atoms with Crippen LogP contribution in [0.5, 0.6) is 11.5 Å². The number of carbonyl (C=O) groups excluding carboxylic acids is 1. The van der Waals surface area contributed by atoms with E-state index >= 15 is 0 Å². The van der Waals surface area contributed by atoms with E-state index in [1.54, 1.807) is 18.2 Å². The minimum Gasteiger partial charge on any atom is -0.490 e. The molecule has 0 amide bonds. The third kappa shape index (κ3) is 3.51. The van der Waals surface area contributed by atoms with Crippen LogP contribution >= 0.6 is 0 Å². The van der Waals surface area contributed by atoms with Crippen LogP contribution in [0, 0.1) is 5.41 Å². The summed E-state index contributed by atoms with van der Waals surface area (Å²) in [6.45, 7) is 9.11. The van der Waals surface area contributed by atoms with E-state index in [0.29, 0.717) is 43.2 Å². The predicted molar refractivity (Wildman–Crippen MR) is 80.6 cm³/mol. The van der Waals surface area contributed by atoms with Gasteiger partial charge in [-0.05, 0) is 38.5 Å². The zero-order valence-electron chi connectivity index (χ0n) is 12.9. The first kappa shape index (κ1) is 16.5. The van der Waals surface area contributed by atoms with Crippen LogP contribution in [0.1, 0.15) is 44.5 Å². The van der Waals surface area contributed by atoms with Crippen molar-refractivity contribution in [2.24, 2.45) is 11.1 Å². The molecule has 1 aromatic rings. The molecule has 112 valence electrons. The Morgan fingerprint density at radius 2 is 1.75 bits per heavy atom. The maximum atomic E-state index is 12.6. The Kier molecular flexibility index (Phi) is 6.02. The van der Waals surface area contributed by atoms with Crippen LogP contribution in [0.2, 0.25) is 0 Å². The fourth-order valence-electron chi connectivity index (χ4n) is 1.94. The van der Waals surface area contributed by atoms with Gasteiger partial charge in [-0.2, -0.15) is 0 Å². The molecule has 0 aliphatic rings. The molecule has 0 aromatic heterocycles. The molecular formula is C16H25NO3. The summed E-state index contributed by atoms with van der Waals surface area (Å²) in [4.78, 5) is 12.6. The van der Waals surface area contributed by atoms with Gasteiger partial charge in [-0.25, -0.2) is 0 Å². The molecule has 0 aliphatic carbocycles. The molecular weight excluding hydrogens is 254 g/mol. The lowest BCUT2D eigenvalue weighted by Crippen LogP contribution is -2.35. The Balaban J connectivity index is 3.13. The number of Topliss-reactive ketones (excluding diaryl/α,β-unsaturated/α-hetero) is 1. The van der Waals surface area contributed by atoms with Gasteiger partial charge in [0.05, 0.1) is 13.2 Å². The minimum absolute atomic E-state index is 0.0477. The fourth-order valence-corrected chi connectivity index (χ4v) is 1.94. The van der Waals surface area contributed by atoms with E-state index in [1.165, 1.54) is 0 Å². The number of rotatable bonds is 8. The Morgan fingerprint density at radius 1 is 1.15 bits per heavy atom. The second-order valence-corrected chi connectivity index (χ2v) is 4.98. The first-order chi connectivity index (χ1) is 9.52. The quantitative estimate of drug-likeness (QED) is 0.743. The van der Waals surface area contributed by atoms with Gasteiger partial charge in [0.2, 0.25) is 0 Å². The summed E-state index contributed by atoms with van der Waals surface area (Å²) in [5.41, 5.74) is 5.84. The maximum absolute atomic E-state index is 12.6. The van der Waals surface area contributed by atoms with E-state index in [-0.39, 0.29) is 5.78 Å². The first-order valence-corrected chi connectivity index (χ1v) is 7.16. The van der Waals surface area contributed by atoms with Gasteiger partial charge in [-0.1, -0.05) is 13.8 Å². The van der Waals surface area contributed by atoms with Crippen molar-refractivity contribution >= 4 is 5.78 Å². The minimum atomic E-state index is -0.531. The van der Waals surface area contributed by atoms with E-state index in [1.807, 2.05) is 27.7 Å². The van der Waals surface area contributed by atoms with Crippen molar-refractivity contribution in [3.05, 3.63) is 23.8 Å². The summed E-state index contributed by atoms with van der Waals surface area (Å²) >= 11 is 0. The predicted octanol–water partition coefficient (Wildman–Crippen LogP) is 3.04. The van der Waals surface area contributed by atoms with Gasteiger partial charge in [0.25, 0.3) is 0 Å². The standard InChI is InChI=1S/C16H25NO3/c1-5-16(4,11-17)15(18)12-8-9-13(19-6-2)14(10-12)20-7-3/h8-10H,5-7,11,17H2,1-4H3. The summed E-state index contributed by atoms with van der Waals surface area (Å²) in [7, 11) is 0. The topological polar surface area (TPSA) is 61.5 Å². The van der Waals surface area contributed by atoms with Gasteiger partial charge in [0.1, 0.15) is 0 Å². The molecule has 0 heterocycles. The van der Waals surface area contributed by atoms with Crippen molar-refractivity contribution in [3.63, 3.8) is 0 Å². The van der Waals surface area contributed by atoms with Crippen LogP contribution in [0.15, 0.2) is 18.2 Å². The van der Waals surface area contributed by atoms with Crippen LogP contribution < -0.4 is 15.2 Å². The Morgan fingerprint density at radius 3 is 2.25 bits per heavy atom. The molecule has 4 heteroatoms. The number of benzene rings is 1. The number of nitrogens with two attached hydrogens (primary N) is 1. The van der Waals surface area contributed by atoms with Gasteiger partial charge in [0.15, 0.2) is 17.3 Å². The molecule has 20 heavy (non-hydrogen) atoms. The van der Waals surface area contributed by atoms with Crippen molar-refractivity contribution in [1.82, 2.24) is 0 Å². The van der Waals surface area contributed by atoms with Crippen molar-refractivity contribution < 1.29 is 14.3 Å². The summed E-state index contributed by atoms with van der Waals surface area (Å²) in [6.07, 6.45) is 0.708.